The summed E-state index contributed by atoms with van der Waals surface area (Å²) in [6, 6.07) is 5.79. The molecule has 2 rings (SSSR count). The van der Waals surface area contributed by atoms with E-state index in [1.807, 2.05) is 25.1 Å². The zero-order chi connectivity index (χ0) is 13.8. The average molecular weight is 265 g/mol. The molecule has 0 fully saturated rings. The summed E-state index contributed by atoms with van der Waals surface area (Å²) in [7, 11) is 1.79. The lowest BCUT2D eigenvalue weighted by molar-refractivity contribution is -0.138. The minimum absolute atomic E-state index is 0.00764. The van der Waals surface area contributed by atoms with Crippen LogP contribution in [0.3, 0.4) is 0 Å². The molecular formula is C14H19NO4. The fraction of sp³-hybridized carbons (Fsp3) is 0.500. The van der Waals surface area contributed by atoms with Gasteiger partial charge in [0.25, 0.3) is 0 Å². The second kappa shape index (κ2) is 5.93. The molecule has 5 heteroatoms. The lowest BCUT2D eigenvalue weighted by atomic mass is 10.1. The Kier molecular flexibility index (Phi) is 4.27. The second-order valence-corrected chi connectivity index (χ2v) is 4.74. The van der Waals surface area contributed by atoms with Gasteiger partial charge in [-0.3, -0.25) is 9.69 Å². The quantitative estimate of drug-likeness (QED) is 0.901. The molecule has 1 N–H and O–H groups in total. The lowest BCUT2D eigenvalue weighted by Crippen LogP contribution is -2.28. The zero-order valence-corrected chi connectivity index (χ0v) is 11.3. The maximum atomic E-state index is 10.7. The molecule has 1 aromatic rings. The van der Waals surface area contributed by atoms with Crippen molar-refractivity contribution in [3.63, 3.8) is 0 Å². The van der Waals surface area contributed by atoms with Crippen LogP contribution in [0.15, 0.2) is 18.2 Å². The standard InChI is InChI=1S/C14H19NO4/c1-10(15(2)9-14(16)17)11-4-5-12-13(8-11)19-7-3-6-18-12/h4-5,8,10H,3,6-7,9H2,1-2H3,(H,16,17). The molecule has 0 radical (unpaired) electrons. The van der Waals surface area contributed by atoms with Crippen LogP contribution in [-0.4, -0.2) is 42.8 Å². The van der Waals surface area contributed by atoms with Crippen LogP contribution < -0.4 is 9.47 Å². The molecule has 104 valence electrons. The predicted octanol–water partition coefficient (Wildman–Crippen LogP) is 1.93. The summed E-state index contributed by atoms with van der Waals surface area (Å²) >= 11 is 0. The van der Waals surface area contributed by atoms with Crippen molar-refractivity contribution in [2.45, 2.75) is 19.4 Å². The number of carboxylic acids is 1. The third-order valence-corrected chi connectivity index (χ3v) is 3.30. The molecule has 1 heterocycles. The number of rotatable bonds is 4. The molecule has 1 unspecified atom stereocenters. The molecular weight excluding hydrogens is 246 g/mol. The first-order valence-electron chi connectivity index (χ1n) is 6.39. The molecule has 0 saturated heterocycles. The van der Waals surface area contributed by atoms with E-state index < -0.39 is 5.97 Å². The highest BCUT2D eigenvalue weighted by molar-refractivity contribution is 5.69. The van der Waals surface area contributed by atoms with Gasteiger partial charge in [0, 0.05) is 12.5 Å². The van der Waals surface area contributed by atoms with Crippen LogP contribution in [0.25, 0.3) is 0 Å². The minimum atomic E-state index is -0.830. The van der Waals surface area contributed by atoms with Crippen LogP contribution in [0.5, 0.6) is 11.5 Å². The maximum absolute atomic E-state index is 10.7. The van der Waals surface area contributed by atoms with E-state index >= 15 is 0 Å². The van der Waals surface area contributed by atoms with Gasteiger partial charge in [-0.1, -0.05) is 6.07 Å². The Balaban J connectivity index is 2.16. The Morgan fingerprint density at radius 2 is 2.05 bits per heavy atom. The molecule has 0 aliphatic carbocycles. The van der Waals surface area contributed by atoms with E-state index in [1.165, 1.54) is 0 Å². The Morgan fingerprint density at radius 1 is 1.37 bits per heavy atom. The Morgan fingerprint density at radius 3 is 2.74 bits per heavy atom. The van der Waals surface area contributed by atoms with E-state index in [-0.39, 0.29) is 12.6 Å². The average Bonchev–Trinajstić information content (AvgIpc) is 2.61. The SMILES string of the molecule is CC(c1ccc2c(c1)OCCCO2)N(C)CC(=O)O. The van der Waals surface area contributed by atoms with E-state index in [0.29, 0.717) is 13.2 Å². The molecule has 0 saturated carbocycles. The predicted molar refractivity (Wildman–Crippen MR) is 70.7 cm³/mol. The van der Waals surface area contributed by atoms with Crippen molar-refractivity contribution in [3.05, 3.63) is 23.8 Å². The zero-order valence-electron chi connectivity index (χ0n) is 11.3. The number of likely N-dealkylation sites (N-methyl/N-ethyl adjacent to an activating group) is 1. The van der Waals surface area contributed by atoms with Crippen molar-refractivity contribution in [2.75, 3.05) is 26.8 Å². The first kappa shape index (κ1) is 13.7. The molecule has 1 atom stereocenters. The van der Waals surface area contributed by atoms with Crippen LogP contribution in [0.1, 0.15) is 24.9 Å². The van der Waals surface area contributed by atoms with Gasteiger partial charge in [-0.15, -0.1) is 0 Å². The van der Waals surface area contributed by atoms with Crippen LogP contribution >= 0.6 is 0 Å². The van der Waals surface area contributed by atoms with Crippen molar-refractivity contribution in [3.8, 4) is 11.5 Å². The minimum Gasteiger partial charge on any atom is -0.490 e. The van der Waals surface area contributed by atoms with E-state index in [2.05, 4.69) is 0 Å². The van der Waals surface area contributed by atoms with Crippen molar-refractivity contribution < 1.29 is 19.4 Å². The van der Waals surface area contributed by atoms with E-state index in [4.69, 9.17) is 14.6 Å². The van der Waals surface area contributed by atoms with Crippen molar-refractivity contribution in [1.29, 1.82) is 0 Å². The monoisotopic (exact) mass is 265 g/mol. The Hall–Kier alpha value is -1.75. The fourth-order valence-corrected chi connectivity index (χ4v) is 2.04. The number of nitrogens with zero attached hydrogens (tertiary/aromatic N) is 1. The highest BCUT2D eigenvalue weighted by atomic mass is 16.5. The topological polar surface area (TPSA) is 59.0 Å². The molecule has 5 nitrogen and oxygen atoms in total. The van der Waals surface area contributed by atoms with Gasteiger partial charge >= 0.3 is 5.97 Å². The number of hydrogen-bond donors (Lipinski definition) is 1. The van der Waals surface area contributed by atoms with Gasteiger partial charge < -0.3 is 14.6 Å². The molecule has 1 aromatic carbocycles. The molecule has 1 aliphatic rings. The number of aliphatic carboxylic acids is 1. The third-order valence-electron chi connectivity index (χ3n) is 3.30. The molecule has 19 heavy (non-hydrogen) atoms. The van der Waals surface area contributed by atoms with Crippen LogP contribution in [0.2, 0.25) is 0 Å². The number of carbonyl (C=O) groups is 1. The number of hydrogen-bond acceptors (Lipinski definition) is 4. The second-order valence-electron chi connectivity index (χ2n) is 4.74. The number of fused-ring (bicyclic) bond motifs is 1. The highest BCUT2D eigenvalue weighted by Gasteiger charge is 2.17. The van der Waals surface area contributed by atoms with Crippen molar-refractivity contribution in [2.24, 2.45) is 0 Å². The van der Waals surface area contributed by atoms with Gasteiger partial charge in [-0.05, 0) is 31.7 Å². The summed E-state index contributed by atoms with van der Waals surface area (Å²) in [6.07, 6.45) is 0.873. The van der Waals surface area contributed by atoms with Gasteiger partial charge in [-0.25, -0.2) is 0 Å². The number of benzene rings is 1. The van der Waals surface area contributed by atoms with Crippen LogP contribution in [0, 0.1) is 0 Å². The molecule has 1 aliphatic heterocycles. The fourth-order valence-electron chi connectivity index (χ4n) is 2.04. The summed E-state index contributed by atoms with van der Waals surface area (Å²) in [4.78, 5) is 12.5. The van der Waals surface area contributed by atoms with Crippen molar-refractivity contribution in [1.82, 2.24) is 4.90 Å². The third kappa shape index (κ3) is 3.38. The molecule has 0 aromatic heterocycles. The van der Waals surface area contributed by atoms with Gasteiger partial charge in [0.2, 0.25) is 0 Å². The highest BCUT2D eigenvalue weighted by Crippen LogP contribution is 2.33. The van der Waals surface area contributed by atoms with Gasteiger partial charge in [-0.2, -0.15) is 0 Å². The molecule has 0 amide bonds. The maximum Gasteiger partial charge on any atom is 0.317 e. The summed E-state index contributed by atoms with van der Waals surface area (Å²) in [5.74, 6) is 0.670. The molecule has 0 spiro atoms. The summed E-state index contributed by atoms with van der Waals surface area (Å²) < 4.78 is 11.2. The first-order valence-corrected chi connectivity index (χ1v) is 6.39. The largest absolute Gasteiger partial charge is 0.490 e. The smallest absolute Gasteiger partial charge is 0.317 e. The molecule has 0 bridgehead atoms. The summed E-state index contributed by atoms with van der Waals surface area (Å²) in [5.41, 5.74) is 1.02. The Labute approximate surface area is 112 Å². The van der Waals surface area contributed by atoms with E-state index in [1.54, 1.807) is 11.9 Å². The van der Waals surface area contributed by atoms with E-state index in [0.717, 1.165) is 23.5 Å². The van der Waals surface area contributed by atoms with Gasteiger partial charge in [0.05, 0.1) is 19.8 Å². The summed E-state index contributed by atoms with van der Waals surface area (Å²) in [5, 5.41) is 8.82. The number of ether oxygens (including phenoxy) is 2. The van der Waals surface area contributed by atoms with Crippen LogP contribution in [0.4, 0.5) is 0 Å². The van der Waals surface area contributed by atoms with Gasteiger partial charge in [0.1, 0.15) is 0 Å². The summed E-state index contributed by atoms with van der Waals surface area (Å²) in [6.45, 7) is 3.30. The number of carboxylic acid groups (broad SMARTS) is 1. The van der Waals surface area contributed by atoms with E-state index in [9.17, 15) is 4.79 Å². The first-order chi connectivity index (χ1) is 9.08. The van der Waals surface area contributed by atoms with Gasteiger partial charge in [0.15, 0.2) is 11.5 Å². The Bertz CT molecular complexity index is 461. The normalized spacial score (nSPS) is 15.9. The van der Waals surface area contributed by atoms with Crippen molar-refractivity contribution >= 4 is 5.97 Å². The van der Waals surface area contributed by atoms with Crippen LogP contribution in [-0.2, 0) is 4.79 Å². The lowest BCUT2D eigenvalue weighted by Gasteiger charge is -2.23.